The number of rotatable bonds is 5. The molecule has 1 unspecified atom stereocenters. The maximum Gasteiger partial charge on any atom is 0.160 e. The van der Waals surface area contributed by atoms with Crippen LogP contribution in [0.2, 0.25) is 0 Å². The van der Waals surface area contributed by atoms with E-state index in [1.807, 2.05) is 36.4 Å². The van der Waals surface area contributed by atoms with E-state index in [0.717, 1.165) is 11.1 Å². The highest BCUT2D eigenvalue weighted by Gasteiger charge is 2.04. The van der Waals surface area contributed by atoms with E-state index in [2.05, 4.69) is 6.58 Å². The fraction of sp³-hybridized carbons (Fsp3) is 0.111. The molecule has 0 aliphatic heterocycles. The first-order valence-electron chi connectivity index (χ1n) is 6.60. The van der Waals surface area contributed by atoms with E-state index in [1.54, 1.807) is 24.3 Å². The number of hydrogen-bond donors (Lipinski definition) is 2. The average Bonchev–Trinajstić information content (AvgIpc) is 2.49. The summed E-state index contributed by atoms with van der Waals surface area (Å²) in [5, 5.41) is 19.1. The van der Waals surface area contributed by atoms with Gasteiger partial charge < -0.3 is 14.9 Å². The molecule has 2 aromatic carbocycles. The molecule has 108 valence electrons. The zero-order valence-electron chi connectivity index (χ0n) is 11.9. The first kappa shape index (κ1) is 14.7. The van der Waals surface area contributed by atoms with Crippen LogP contribution in [0.15, 0.2) is 61.2 Å². The van der Waals surface area contributed by atoms with Gasteiger partial charge in [0.25, 0.3) is 0 Å². The van der Waals surface area contributed by atoms with Crippen LogP contribution in [0.3, 0.4) is 0 Å². The van der Waals surface area contributed by atoms with Crippen LogP contribution in [-0.2, 0) is 0 Å². The van der Waals surface area contributed by atoms with Crippen LogP contribution in [0.25, 0.3) is 6.08 Å². The van der Waals surface area contributed by atoms with Crippen molar-refractivity contribution in [3.05, 3.63) is 72.3 Å². The van der Waals surface area contributed by atoms with Crippen LogP contribution in [-0.4, -0.2) is 17.3 Å². The summed E-state index contributed by atoms with van der Waals surface area (Å²) >= 11 is 0. The molecule has 0 spiro atoms. The minimum Gasteiger partial charge on any atom is -0.508 e. The predicted molar refractivity (Wildman–Crippen MR) is 84.7 cm³/mol. The van der Waals surface area contributed by atoms with Crippen molar-refractivity contribution in [2.24, 2.45) is 0 Å². The topological polar surface area (TPSA) is 49.7 Å². The zero-order chi connectivity index (χ0) is 15.2. The number of methoxy groups -OCH3 is 1. The average molecular weight is 282 g/mol. The van der Waals surface area contributed by atoms with E-state index in [0.29, 0.717) is 5.75 Å². The molecule has 2 rings (SSSR count). The quantitative estimate of drug-likeness (QED) is 0.812. The Bertz CT molecular complexity index is 642. The molecular formula is C18H18O3. The van der Waals surface area contributed by atoms with Gasteiger partial charge in [-0.15, -0.1) is 6.58 Å². The van der Waals surface area contributed by atoms with Gasteiger partial charge in [-0.3, -0.25) is 0 Å². The monoisotopic (exact) mass is 282 g/mol. The number of phenolic OH excluding ortho intramolecular Hbond substituents is 2. The molecule has 3 heteroatoms. The number of aromatic hydroxyl groups is 2. The number of allylic oxidation sites excluding steroid dienone is 2. The van der Waals surface area contributed by atoms with Crippen LogP contribution >= 0.6 is 0 Å². The van der Waals surface area contributed by atoms with Crippen LogP contribution < -0.4 is 4.74 Å². The van der Waals surface area contributed by atoms with E-state index in [1.165, 1.54) is 7.11 Å². The third-order valence-electron chi connectivity index (χ3n) is 3.23. The molecule has 0 aliphatic rings. The van der Waals surface area contributed by atoms with Crippen molar-refractivity contribution in [2.45, 2.75) is 5.92 Å². The van der Waals surface area contributed by atoms with Crippen molar-refractivity contribution >= 4 is 6.08 Å². The summed E-state index contributed by atoms with van der Waals surface area (Å²) < 4.78 is 5.01. The van der Waals surface area contributed by atoms with Gasteiger partial charge in [0.15, 0.2) is 11.5 Å². The van der Waals surface area contributed by atoms with E-state index in [9.17, 15) is 10.2 Å². The third kappa shape index (κ3) is 3.66. The molecule has 2 N–H and O–H groups in total. The van der Waals surface area contributed by atoms with E-state index < -0.39 is 0 Å². The molecule has 0 heterocycles. The Morgan fingerprint density at radius 2 is 1.81 bits per heavy atom. The zero-order valence-corrected chi connectivity index (χ0v) is 11.9. The van der Waals surface area contributed by atoms with Crippen LogP contribution in [0.5, 0.6) is 17.2 Å². The maximum absolute atomic E-state index is 9.75. The molecule has 3 nitrogen and oxygen atoms in total. The smallest absolute Gasteiger partial charge is 0.160 e. The third-order valence-corrected chi connectivity index (χ3v) is 3.23. The number of hydrogen-bond acceptors (Lipinski definition) is 3. The highest BCUT2D eigenvalue weighted by atomic mass is 16.5. The Labute approximate surface area is 124 Å². The van der Waals surface area contributed by atoms with Crippen molar-refractivity contribution in [1.29, 1.82) is 0 Å². The molecule has 0 aromatic heterocycles. The molecule has 1 atom stereocenters. The van der Waals surface area contributed by atoms with Crippen LogP contribution in [0.1, 0.15) is 17.0 Å². The molecule has 0 fully saturated rings. The number of ether oxygens (including phenoxy) is 1. The predicted octanol–water partition coefficient (Wildman–Crippen LogP) is 4.09. The van der Waals surface area contributed by atoms with Gasteiger partial charge in [0.1, 0.15) is 5.75 Å². The molecule has 0 saturated heterocycles. The molecule has 0 bridgehead atoms. The van der Waals surface area contributed by atoms with Crippen LogP contribution in [0, 0.1) is 0 Å². The maximum atomic E-state index is 9.75. The van der Waals surface area contributed by atoms with Gasteiger partial charge in [0.05, 0.1) is 7.11 Å². The standard InChI is InChI=1S/C18H18O3/c1-3-14(15-7-9-16(19)10-8-15)6-4-13-5-11-18(21-2)17(20)12-13/h3-12,14,19-20H,1H2,2H3. The minimum atomic E-state index is 0.0369. The molecular weight excluding hydrogens is 264 g/mol. The minimum absolute atomic E-state index is 0.0369. The summed E-state index contributed by atoms with van der Waals surface area (Å²) in [6.07, 6.45) is 5.73. The summed E-state index contributed by atoms with van der Waals surface area (Å²) in [4.78, 5) is 0. The largest absolute Gasteiger partial charge is 0.508 e. The Kier molecular flexibility index (Phi) is 4.67. The van der Waals surface area contributed by atoms with Gasteiger partial charge in [0, 0.05) is 5.92 Å². The highest BCUT2D eigenvalue weighted by Crippen LogP contribution is 2.28. The molecule has 0 radical (unpaired) electrons. The molecule has 0 aliphatic carbocycles. The molecule has 2 aromatic rings. The van der Waals surface area contributed by atoms with Crippen molar-refractivity contribution in [3.63, 3.8) is 0 Å². The van der Waals surface area contributed by atoms with Crippen molar-refractivity contribution in [1.82, 2.24) is 0 Å². The lowest BCUT2D eigenvalue weighted by molar-refractivity contribution is 0.373. The lowest BCUT2D eigenvalue weighted by Gasteiger charge is -2.08. The van der Waals surface area contributed by atoms with Crippen molar-refractivity contribution < 1.29 is 14.9 Å². The fourth-order valence-corrected chi connectivity index (χ4v) is 2.05. The highest BCUT2D eigenvalue weighted by molar-refractivity contribution is 5.56. The SMILES string of the molecule is C=CC(C=Cc1ccc(OC)c(O)c1)c1ccc(O)cc1. The second-order valence-electron chi connectivity index (χ2n) is 4.64. The Hall–Kier alpha value is -2.68. The first-order chi connectivity index (χ1) is 10.1. The normalized spacial score (nSPS) is 12.2. The summed E-state index contributed by atoms with van der Waals surface area (Å²) in [6, 6.07) is 12.3. The van der Waals surface area contributed by atoms with Crippen molar-refractivity contribution in [3.8, 4) is 17.2 Å². The molecule has 21 heavy (non-hydrogen) atoms. The van der Waals surface area contributed by atoms with E-state index in [4.69, 9.17) is 4.74 Å². The summed E-state index contributed by atoms with van der Waals surface area (Å²) in [5.41, 5.74) is 1.91. The van der Waals surface area contributed by atoms with Crippen molar-refractivity contribution in [2.75, 3.05) is 7.11 Å². The van der Waals surface area contributed by atoms with E-state index in [-0.39, 0.29) is 17.4 Å². The van der Waals surface area contributed by atoms with Gasteiger partial charge in [0.2, 0.25) is 0 Å². The van der Waals surface area contributed by atoms with Gasteiger partial charge >= 0.3 is 0 Å². The summed E-state index contributed by atoms with van der Waals surface area (Å²) in [7, 11) is 1.52. The van der Waals surface area contributed by atoms with E-state index >= 15 is 0 Å². The molecule has 0 amide bonds. The molecule has 0 saturated carbocycles. The first-order valence-corrected chi connectivity index (χ1v) is 6.60. The van der Waals surface area contributed by atoms with Gasteiger partial charge in [-0.25, -0.2) is 0 Å². The Morgan fingerprint density at radius 3 is 2.38 bits per heavy atom. The van der Waals surface area contributed by atoms with Crippen LogP contribution in [0.4, 0.5) is 0 Å². The second kappa shape index (κ2) is 6.66. The number of benzene rings is 2. The van der Waals surface area contributed by atoms with Gasteiger partial charge in [-0.05, 0) is 35.4 Å². The fourth-order valence-electron chi connectivity index (χ4n) is 2.05. The lowest BCUT2D eigenvalue weighted by atomic mass is 9.98. The summed E-state index contributed by atoms with van der Waals surface area (Å²) in [6.45, 7) is 3.83. The van der Waals surface area contributed by atoms with Gasteiger partial charge in [-0.2, -0.15) is 0 Å². The van der Waals surface area contributed by atoms with Gasteiger partial charge in [-0.1, -0.05) is 36.4 Å². The Balaban J connectivity index is 2.19. The number of phenols is 2. The lowest BCUT2D eigenvalue weighted by Crippen LogP contribution is -1.90. The summed E-state index contributed by atoms with van der Waals surface area (Å²) in [5.74, 6) is 0.839. The second-order valence-corrected chi connectivity index (χ2v) is 4.64. The Morgan fingerprint density at radius 1 is 1.10 bits per heavy atom.